The number of ether oxygens (including phenoxy) is 1. The molecule has 2 aliphatic heterocycles. The Morgan fingerprint density at radius 1 is 1.23 bits per heavy atom. The Balaban J connectivity index is 1.38. The van der Waals surface area contributed by atoms with Crippen LogP contribution in [0, 0.1) is 5.41 Å². The number of carbonyl (C=O) groups excluding carboxylic acids is 2. The third-order valence-electron chi connectivity index (χ3n) is 5.59. The van der Waals surface area contributed by atoms with Crippen LogP contribution in [0.5, 0.6) is 0 Å². The summed E-state index contributed by atoms with van der Waals surface area (Å²) in [6, 6.07) is 7.66. The molecule has 2 saturated heterocycles. The summed E-state index contributed by atoms with van der Waals surface area (Å²) in [7, 11) is 1.83. The van der Waals surface area contributed by atoms with Crippen molar-refractivity contribution in [2.75, 3.05) is 26.3 Å². The molecule has 138 valence electrons. The molecule has 26 heavy (non-hydrogen) atoms. The Morgan fingerprint density at radius 2 is 1.92 bits per heavy atom. The minimum Gasteiger partial charge on any atom is -0.381 e. The van der Waals surface area contributed by atoms with Crippen molar-refractivity contribution in [1.82, 2.24) is 20.0 Å². The van der Waals surface area contributed by atoms with Gasteiger partial charge in [-0.15, -0.1) is 0 Å². The first-order chi connectivity index (χ1) is 12.5. The molecule has 0 saturated carbocycles. The highest BCUT2D eigenvalue weighted by Crippen LogP contribution is 2.33. The highest BCUT2D eigenvalue weighted by molar-refractivity contribution is 6.05. The van der Waals surface area contributed by atoms with Crippen LogP contribution in [0.4, 0.5) is 0 Å². The summed E-state index contributed by atoms with van der Waals surface area (Å²) in [6.07, 6.45) is 1.53. The lowest BCUT2D eigenvalue weighted by atomic mass is 9.80. The molecule has 4 rings (SSSR count). The Morgan fingerprint density at radius 3 is 2.65 bits per heavy atom. The number of carbonyl (C=O) groups is 2. The number of rotatable bonds is 3. The lowest BCUT2D eigenvalue weighted by molar-refractivity contribution is -0.151. The van der Waals surface area contributed by atoms with Crippen LogP contribution in [0.1, 0.15) is 30.3 Å². The summed E-state index contributed by atoms with van der Waals surface area (Å²) < 4.78 is 7.08. The molecule has 0 bridgehead atoms. The number of nitrogens with zero attached hydrogens (tertiary/aromatic N) is 3. The Hall–Kier alpha value is -2.41. The molecule has 1 aromatic heterocycles. The topological polar surface area (TPSA) is 76.5 Å². The van der Waals surface area contributed by atoms with Crippen LogP contribution in [0.25, 0.3) is 10.9 Å². The van der Waals surface area contributed by atoms with Crippen LogP contribution in [-0.2, 0) is 16.6 Å². The van der Waals surface area contributed by atoms with E-state index in [1.54, 1.807) is 4.68 Å². The third kappa shape index (κ3) is 2.86. The van der Waals surface area contributed by atoms with E-state index in [-0.39, 0.29) is 23.3 Å². The number of para-hydroxylation sites is 1. The first-order valence-corrected chi connectivity index (χ1v) is 9.08. The van der Waals surface area contributed by atoms with E-state index in [2.05, 4.69) is 10.4 Å². The molecule has 7 nitrogen and oxygen atoms in total. The standard InChI is InChI=1S/C19H24N4O3/c1-19(7-9-26-10-8-19)18(25)23-11-13(12-23)20-17(24)16-14-5-3-4-6-15(14)22(2)21-16/h3-6,13H,7-12H2,1-2H3,(H,20,24). The van der Waals surface area contributed by atoms with Crippen molar-refractivity contribution < 1.29 is 14.3 Å². The van der Waals surface area contributed by atoms with Crippen LogP contribution in [-0.4, -0.2) is 58.8 Å². The molecular weight excluding hydrogens is 332 g/mol. The summed E-state index contributed by atoms with van der Waals surface area (Å²) in [6.45, 7) is 4.42. The van der Waals surface area contributed by atoms with Crippen LogP contribution in [0.15, 0.2) is 24.3 Å². The fourth-order valence-electron chi connectivity index (χ4n) is 3.79. The van der Waals surface area contributed by atoms with Gasteiger partial charge in [0, 0.05) is 38.7 Å². The van der Waals surface area contributed by atoms with Gasteiger partial charge in [0.15, 0.2) is 5.69 Å². The molecule has 2 aromatic rings. The number of nitrogens with one attached hydrogen (secondary N) is 1. The van der Waals surface area contributed by atoms with Crippen LogP contribution in [0.3, 0.4) is 0 Å². The van der Waals surface area contributed by atoms with Crippen molar-refractivity contribution in [3.63, 3.8) is 0 Å². The van der Waals surface area contributed by atoms with E-state index in [1.165, 1.54) is 0 Å². The summed E-state index contributed by atoms with van der Waals surface area (Å²) >= 11 is 0. The normalized spacial score (nSPS) is 20.0. The number of hydrogen-bond acceptors (Lipinski definition) is 4. The van der Waals surface area contributed by atoms with Crippen molar-refractivity contribution in [3.8, 4) is 0 Å². The van der Waals surface area contributed by atoms with Gasteiger partial charge < -0.3 is 15.0 Å². The van der Waals surface area contributed by atoms with Crippen molar-refractivity contribution in [3.05, 3.63) is 30.0 Å². The number of benzene rings is 1. The second kappa shape index (κ2) is 6.39. The predicted octanol–water partition coefficient (Wildman–Crippen LogP) is 1.33. The molecule has 0 unspecified atom stereocenters. The minimum atomic E-state index is -0.329. The molecule has 1 N–H and O–H groups in total. The van der Waals surface area contributed by atoms with Gasteiger partial charge in [0.25, 0.3) is 5.91 Å². The number of aromatic nitrogens is 2. The molecule has 7 heteroatoms. The first kappa shape index (κ1) is 17.0. The molecule has 1 aromatic carbocycles. The molecule has 0 spiro atoms. The van der Waals surface area contributed by atoms with E-state index in [4.69, 9.17) is 4.74 Å². The fraction of sp³-hybridized carbons (Fsp3) is 0.526. The van der Waals surface area contributed by atoms with Crippen molar-refractivity contribution >= 4 is 22.7 Å². The smallest absolute Gasteiger partial charge is 0.272 e. The summed E-state index contributed by atoms with van der Waals surface area (Å²) in [5, 5.41) is 8.20. The molecular formula is C19H24N4O3. The highest BCUT2D eigenvalue weighted by Gasteiger charge is 2.42. The Labute approximate surface area is 152 Å². The number of hydrogen-bond donors (Lipinski definition) is 1. The molecule has 2 aliphatic rings. The zero-order valence-corrected chi connectivity index (χ0v) is 15.2. The Kier molecular flexibility index (Phi) is 4.19. The number of likely N-dealkylation sites (tertiary alicyclic amines) is 1. The van der Waals surface area contributed by atoms with E-state index in [9.17, 15) is 9.59 Å². The quantitative estimate of drug-likeness (QED) is 0.900. The number of aryl methyl sites for hydroxylation is 1. The van der Waals surface area contributed by atoms with Gasteiger partial charge in [-0.25, -0.2) is 0 Å². The second-order valence-electron chi connectivity index (χ2n) is 7.54. The predicted molar refractivity (Wildman–Crippen MR) is 96.7 cm³/mol. The van der Waals surface area contributed by atoms with Gasteiger partial charge in [-0.2, -0.15) is 5.10 Å². The van der Waals surface area contributed by atoms with Crippen molar-refractivity contribution in [2.45, 2.75) is 25.8 Å². The third-order valence-corrected chi connectivity index (χ3v) is 5.59. The monoisotopic (exact) mass is 356 g/mol. The maximum atomic E-state index is 12.7. The maximum Gasteiger partial charge on any atom is 0.272 e. The lowest BCUT2D eigenvalue weighted by Gasteiger charge is -2.45. The molecule has 0 aliphatic carbocycles. The maximum absolute atomic E-state index is 12.7. The minimum absolute atomic E-state index is 0.0179. The van der Waals surface area contributed by atoms with Gasteiger partial charge in [-0.3, -0.25) is 14.3 Å². The SMILES string of the molecule is Cn1nc(C(=O)NC2CN(C(=O)C3(C)CCOCC3)C2)c2ccccc21. The van der Waals surface area contributed by atoms with Gasteiger partial charge in [0.1, 0.15) is 0 Å². The lowest BCUT2D eigenvalue weighted by Crippen LogP contribution is -2.63. The first-order valence-electron chi connectivity index (χ1n) is 9.08. The van der Waals surface area contributed by atoms with Crippen LogP contribution in [0.2, 0.25) is 0 Å². The van der Waals surface area contributed by atoms with E-state index in [1.807, 2.05) is 43.1 Å². The van der Waals surface area contributed by atoms with Crippen LogP contribution >= 0.6 is 0 Å². The van der Waals surface area contributed by atoms with Gasteiger partial charge in [-0.05, 0) is 18.9 Å². The van der Waals surface area contributed by atoms with E-state index < -0.39 is 0 Å². The van der Waals surface area contributed by atoms with E-state index in [0.29, 0.717) is 32.0 Å². The van der Waals surface area contributed by atoms with E-state index >= 15 is 0 Å². The summed E-state index contributed by atoms with van der Waals surface area (Å²) in [5.41, 5.74) is 1.03. The molecule has 0 atom stereocenters. The molecule has 2 fully saturated rings. The summed E-state index contributed by atoms with van der Waals surface area (Å²) in [5.74, 6) is -0.00855. The van der Waals surface area contributed by atoms with Crippen molar-refractivity contribution in [2.24, 2.45) is 12.5 Å². The second-order valence-corrected chi connectivity index (χ2v) is 7.54. The molecule has 2 amide bonds. The molecule has 0 radical (unpaired) electrons. The van der Waals surface area contributed by atoms with E-state index in [0.717, 1.165) is 23.7 Å². The van der Waals surface area contributed by atoms with Crippen molar-refractivity contribution in [1.29, 1.82) is 0 Å². The highest BCUT2D eigenvalue weighted by atomic mass is 16.5. The fourth-order valence-corrected chi connectivity index (χ4v) is 3.79. The zero-order valence-electron chi connectivity index (χ0n) is 15.2. The summed E-state index contributed by atoms with van der Waals surface area (Å²) in [4.78, 5) is 27.2. The van der Waals surface area contributed by atoms with Gasteiger partial charge in [0.05, 0.1) is 17.0 Å². The number of amides is 2. The zero-order chi connectivity index (χ0) is 18.3. The average molecular weight is 356 g/mol. The van der Waals surface area contributed by atoms with Gasteiger partial charge in [-0.1, -0.05) is 25.1 Å². The van der Waals surface area contributed by atoms with Gasteiger partial charge in [0.2, 0.25) is 5.91 Å². The van der Waals surface area contributed by atoms with Crippen LogP contribution < -0.4 is 5.32 Å². The average Bonchev–Trinajstić information content (AvgIpc) is 2.95. The number of fused-ring (bicyclic) bond motifs is 1. The van der Waals surface area contributed by atoms with Gasteiger partial charge >= 0.3 is 0 Å². The molecule has 3 heterocycles. The largest absolute Gasteiger partial charge is 0.381 e. The Bertz CT molecular complexity index is 848.